The monoisotopic (exact) mass is 531 g/mol. The lowest BCUT2D eigenvalue weighted by molar-refractivity contribution is -0.137. The van der Waals surface area contributed by atoms with Gasteiger partial charge in [0.25, 0.3) is 5.91 Å². The largest absolute Gasteiger partial charge is 0.416 e. The number of halogens is 5. The molecule has 186 valence electrons. The van der Waals surface area contributed by atoms with Crippen LogP contribution in [0.4, 0.5) is 24.5 Å². The van der Waals surface area contributed by atoms with Crippen LogP contribution < -0.4 is 10.2 Å². The van der Waals surface area contributed by atoms with Gasteiger partial charge in [-0.1, -0.05) is 49.2 Å². The third kappa shape index (κ3) is 5.13. The van der Waals surface area contributed by atoms with Crippen LogP contribution in [0.25, 0.3) is 11.6 Å². The Balaban J connectivity index is 1.72. The highest BCUT2D eigenvalue weighted by atomic mass is 35.5. The molecule has 0 atom stereocenters. The molecule has 2 aromatic carbocycles. The zero-order valence-electron chi connectivity index (χ0n) is 19.3. The van der Waals surface area contributed by atoms with E-state index in [1.807, 2.05) is 12.1 Å². The maximum atomic E-state index is 13.1. The number of allylic oxidation sites excluding steroid dienone is 1. The Bertz CT molecular complexity index is 1370. The molecule has 0 aliphatic carbocycles. The van der Waals surface area contributed by atoms with Gasteiger partial charge >= 0.3 is 6.18 Å². The van der Waals surface area contributed by atoms with Gasteiger partial charge in [-0.05, 0) is 48.9 Å². The van der Waals surface area contributed by atoms with Crippen LogP contribution in [0.1, 0.15) is 46.8 Å². The third-order valence-electron chi connectivity index (χ3n) is 5.85. The minimum atomic E-state index is -4.57. The molecule has 1 aliphatic rings. The van der Waals surface area contributed by atoms with E-state index in [9.17, 15) is 18.0 Å². The van der Waals surface area contributed by atoms with Crippen molar-refractivity contribution in [2.45, 2.75) is 25.9 Å². The molecule has 1 amide bonds. The predicted octanol–water partition coefficient (Wildman–Crippen LogP) is 8.33. The zero-order valence-corrected chi connectivity index (χ0v) is 20.8. The van der Waals surface area contributed by atoms with E-state index < -0.39 is 17.6 Å². The highest BCUT2D eigenvalue weighted by Gasteiger charge is 2.31. The van der Waals surface area contributed by atoms with E-state index in [1.54, 1.807) is 18.5 Å². The van der Waals surface area contributed by atoms with E-state index in [0.717, 1.165) is 42.8 Å². The Labute approximate surface area is 217 Å². The predicted molar refractivity (Wildman–Crippen MR) is 139 cm³/mol. The lowest BCUT2D eigenvalue weighted by Gasteiger charge is -2.34. The van der Waals surface area contributed by atoms with Crippen molar-refractivity contribution in [1.29, 1.82) is 0 Å². The summed E-state index contributed by atoms with van der Waals surface area (Å²) < 4.78 is 39.3. The molecule has 0 bridgehead atoms. The maximum absolute atomic E-state index is 13.1. The normalized spacial score (nSPS) is 13.3. The number of amides is 1. The van der Waals surface area contributed by atoms with Gasteiger partial charge in [0.2, 0.25) is 0 Å². The Morgan fingerprint density at radius 2 is 1.94 bits per heavy atom. The Morgan fingerprint density at radius 1 is 1.17 bits per heavy atom. The first kappa shape index (κ1) is 25.8. The molecule has 0 fully saturated rings. The average Bonchev–Trinajstić information content (AvgIpc) is 2.85. The first-order chi connectivity index (χ1) is 17.1. The van der Waals surface area contributed by atoms with Gasteiger partial charge in [-0.15, -0.1) is 0 Å². The van der Waals surface area contributed by atoms with Gasteiger partial charge in [-0.3, -0.25) is 9.78 Å². The van der Waals surface area contributed by atoms with E-state index in [2.05, 4.69) is 28.7 Å². The second-order valence-electron chi connectivity index (χ2n) is 8.26. The first-order valence-corrected chi connectivity index (χ1v) is 12.0. The number of alkyl halides is 3. The summed E-state index contributed by atoms with van der Waals surface area (Å²) in [5, 5.41) is 3.10. The van der Waals surface area contributed by atoms with Gasteiger partial charge in [-0.2, -0.15) is 13.2 Å². The molecular weight excluding hydrogens is 510 g/mol. The van der Waals surface area contributed by atoms with E-state index >= 15 is 0 Å². The summed E-state index contributed by atoms with van der Waals surface area (Å²) in [6.45, 7) is 7.11. The number of nitrogens with one attached hydrogen (secondary N) is 1. The number of carbonyl (C=O) groups is 1. The summed E-state index contributed by atoms with van der Waals surface area (Å²) in [5.74, 6) is -0.730. The number of hydrogen-bond donors (Lipinski definition) is 1. The van der Waals surface area contributed by atoms with Crippen LogP contribution in [0.15, 0.2) is 67.1 Å². The molecule has 4 rings (SSSR count). The number of nitrogens with zero attached hydrogens (tertiary/aromatic N) is 2. The average molecular weight is 532 g/mol. The molecule has 0 saturated carbocycles. The highest BCUT2D eigenvalue weighted by molar-refractivity contribution is 6.40. The molecule has 0 spiro atoms. The van der Waals surface area contributed by atoms with Crippen LogP contribution in [0.5, 0.6) is 0 Å². The fourth-order valence-electron chi connectivity index (χ4n) is 4.00. The number of benzene rings is 2. The Hall–Kier alpha value is -3.29. The first-order valence-electron chi connectivity index (χ1n) is 11.2. The molecular formula is C27H22Cl2F3N3O. The highest BCUT2D eigenvalue weighted by Crippen LogP contribution is 2.45. The summed E-state index contributed by atoms with van der Waals surface area (Å²) in [7, 11) is 0. The number of aromatic nitrogens is 1. The van der Waals surface area contributed by atoms with E-state index in [-0.39, 0.29) is 16.3 Å². The standard InChI is InChI=1S/C27H22Cl2F3N3O/c1-3-4-12-35-16(2)20(14-18-15-33-11-10-23(18)35)24-21(28)8-9-22(25(24)29)34-26(36)17-6-5-7-19(13-17)27(30,31)32/h5-11,13-15H,2-4,12H2,1H3,(H,34,36). The van der Waals surface area contributed by atoms with Crippen LogP contribution in [-0.2, 0) is 6.18 Å². The number of carbonyl (C=O) groups excluding carboxylic acids is 1. The smallest absolute Gasteiger partial charge is 0.341 e. The van der Waals surface area contributed by atoms with E-state index in [0.29, 0.717) is 21.9 Å². The zero-order chi connectivity index (χ0) is 26.0. The summed E-state index contributed by atoms with van der Waals surface area (Å²) in [4.78, 5) is 19.1. The van der Waals surface area contributed by atoms with Crippen molar-refractivity contribution >= 4 is 52.1 Å². The number of unbranched alkanes of at least 4 members (excludes halogenated alkanes) is 1. The summed E-state index contributed by atoms with van der Waals surface area (Å²) in [5.41, 5.74) is 2.79. The Kier molecular flexibility index (Phi) is 7.43. The van der Waals surface area contributed by atoms with Gasteiger partial charge in [0, 0.05) is 46.9 Å². The summed E-state index contributed by atoms with van der Waals surface area (Å²) in [6, 6.07) is 9.18. The van der Waals surface area contributed by atoms with Gasteiger partial charge in [0.05, 0.1) is 27.0 Å². The maximum Gasteiger partial charge on any atom is 0.416 e. The van der Waals surface area contributed by atoms with Gasteiger partial charge in [0.1, 0.15) is 0 Å². The van der Waals surface area contributed by atoms with Crippen molar-refractivity contribution in [3.8, 4) is 0 Å². The minimum Gasteiger partial charge on any atom is -0.341 e. The number of hydrogen-bond acceptors (Lipinski definition) is 3. The summed E-state index contributed by atoms with van der Waals surface area (Å²) >= 11 is 13.3. The lowest BCUT2D eigenvalue weighted by atomic mass is 9.94. The molecule has 0 radical (unpaired) electrons. The van der Waals surface area contributed by atoms with Crippen LogP contribution in [0.3, 0.4) is 0 Å². The summed E-state index contributed by atoms with van der Waals surface area (Å²) in [6.07, 6.45) is 2.70. The van der Waals surface area contributed by atoms with Gasteiger partial charge < -0.3 is 10.2 Å². The van der Waals surface area contributed by atoms with Crippen LogP contribution in [0, 0.1) is 0 Å². The molecule has 1 N–H and O–H groups in total. The van der Waals surface area contributed by atoms with Crippen LogP contribution >= 0.6 is 23.2 Å². The van der Waals surface area contributed by atoms with Crippen LogP contribution in [0.2, 0.25) is 10.0 Å². The van der Waals surface area contributed by atoms with Gasteiger partial charge in [-0.25, -0.2) is 0 Å². The van der Waals surface area contributed by atoms with Crippen molar-refractivity contribution < 1.29 is 18.0 Å². The van der Waals surface area contributed by atoms with Crippen molar-refractivity contribution in [1.82, 2.24) is 4.98 Å². The Morgan fingerprint density at radius 3 is 2.67 bits per heavy atom. The molecule has 36 heavy (non-hydrogen) atoms. The van der Waals surface area contributed by atoms with E-state index in [4.69, 9.17) is 23.2 Å². The fraction of sp³-hybridized carbons (Fsp3) is 0.185. The number of fused-ring (bicyclic) bond motifs is 1. The number of pyridine rings is 1. The number of anilines is 2. The van der Waals surface area contributed by atoms with Gasteiger partial charge in [0.15, 0.2) is 0 Å². The molecule has 9 heteroatoms. The second kappa shape index (κ2) is 10.4. The minimum absolute atomic E-state index is 0.149. The third-order valence-corrected chi connectivity index (χ3v) is 6.56. The molecule has 0 unspecified atom stereocenters. The van der Waals surface area contributed by atoms with Crippen molar-refractivity contribution in [2.24, 2.45) is 0 Å². The molecule has 1 aliphatic heterocycles. The van der Waals surface area contributed by atoms with Crippen molar-refractivity contribution in [3.63, 3.8) is 0 Å². The van der Waals surface area contributed by atoms with Crippen LogP contribution in [-0.4, -0.2) is 17.4 Å². The molecule has 4 nitrogen and oxygen atoms in total. The second-order valence-corrected chi connectivity index (χ2v) is 9.05. The quantitative estimate of drug-likeness (QED) is 0.347. The fourth-order valence-corrected chi connectivity index (χ4v) is 4.62. The SMILES string of the molecule is C=C1C(c2c(Cl)ccc(NC(=O)c3cccc(C(F)(F)F)c3)c2Cl)=Cc2cnccc2N1CCCC. The van der Waals surface area contributed by atoms with Crippen molar-refractivity contribution in [2.75, 3.05) is 16.8 Å². The molecule has 0 saturated heterocycles. The molecule has 3 aromatic rings. The van der Waals surface area contributed by atoms with Crippen molar-refractivity contribution in [3.05, 3.63) is 99.4 Å². The molecule has 1 aromatic heterocycles. The number of rotatable bonds is 6. The molecule has 2 heterocycles. The van der Waals surface area contributed by atoms with E-state index in [1.165, 1.54) is 18.2 Å². The lowest BCUT2D eigenvalue weighted by Crippen LogP contribution is -2.27. The topological polar surface area (TPSA) is 45.2 Å².